The molecule has 0 radical (unpaired) electrons. The number of rotatable bonds is 10. The van der Waals surface area contributed by atoms with Gasteiger partial charge >= 0.3 is 0 Å². The number of nitrogens with zero attached hydrogens (tertiary/aromatic N) is 2. The molecule has 0 atom stereocenters. The average molecular weight is 483 g/mol. The summed E-state index contributed by atoms with van der Waals surface area (Å²) in [7, 11) is 0. The Morgan fingerprint density at radius 1 is 0.833 bits per heavy atom. The van der Waals surface area contributed by atoms with E-state index in [4.69, 9.17) is 9.47 Å². The van der Waals surface area contributed by atoms with Crippen LogP contribution in [0, 0.1) is 6.92 Å². The highest BCUT2D eigenvalue weighted by Gasteiger charge is 2.09. The van der Waals surface area contributed by atoms with Gasteiger partial charge in [-0.05, 0) is 80.9 Å². The number of anilines is 2. The first-order valence-electron chi connectivity index (χ1n) is 12.0. The molecule has 0 aliphatic carbocycles. The van der Waals surface area contributed by atoms with E-state index < -0.39 is 0 Å². The summed E-state index contributed by atoms with van der Waals surface area (Å²) >= 11 is 0. The molecule has 1 aromatic heterocycles. The van der Waals surface area contributed by atoms with Gasteiger partial charge in [-0.3, -0.25) is 4.79 Å². The van der Waals surface area contributed by atoms with Gasteiger partial charge < -0.3 is 20.1 Å². The number of nitrogens with one attached hydrogen (secondary N) is 2. The Kier molecular flexibility index (Phi) is 8.13. The molecule has 0 aliphatic rings. The van der Waals surface area contributed by atoms with Gasteiger partial charge in [-0.1, -0.05) is 29.8 Å². The van der Waals surface area contributed by atoms with Crippen molar-refractivity contribution in [2.24, 2.45) is 0 Å². The molecule has 0 spiro atoms. The maximum absolute atomic E-state index is 12.7. The molecule has 0 fully saturated rings. The molecule has 0 aliphatic heterocycles. The second-order valence-electron chi connectivity index (χ2n) is 8.21. The standard InChI is InChI=1S/C29H30N4O3/c1-4-35-26-15-9-21(18-27(26)36-5-2)19-30-29(34)22-10-12-24(13-11-22)31-28-16-14-25(32-33-28)23-8-6-7-20(3)17-23/h6-18H,4-5,19H2,1-3H3,(H,30,34)(H,31,33). The van der Waals surface area contributed by atoms with E-state index >= 15 is 0 Å². The molecule has 184 valence electrons. The zero-order valence-electron chi connectivity index (χ0n) is 20.7. The van der Waals surface area contributed by atoms with Crippen LogP contribution in [0.4, 0.5) is 11.5 Å². The highest BCUT2D eigenvalue weighted by molar-refractivity contribution is 5.94. The lowest BCUT2D eigenvalue weighted by molar-refractivity contribution is 0.0951. The van der Waals surface area contributed by atoms with Crippen LogP contribution in [0.3, 0.4) is 0 Å². The SMILES string of the molecule is CCOc1ccc(CNC(=O)c2ccc(Nc3ccc(-c4cccc(C)c4)nn3)cc2)cc1OCC. The lowest BCUT2D eigenvalue weighted by Crippen LogP contribution is -2.22. The zero-order chi connectivity index (χ0) is 25.3. The molecule has 36 heavy (non-hydrogen) atoms. The minimum absolute atomic E-state index is 0.157. The van der Waals surface area contributed by atoms with Crippen molar-refractivity contribution in [2.45, 2.75) is 27.3 Å². The molecule has 7 heteroatoms. The molecule has 3 aromatic carbocycles. The van der Waals surface area contributed by atoms with Crippen LogP contribution in [0.25, 0.3) is 11.3 Å². The maximum atomic E-state index is 12.7. The van der Waals surface area contributed by atoms with Gasteiger partial charge in [-0.25, -0.2) is 0 Å². The number of hydrogen-bond acceptors (Lipinski definition) is 6. The fourth-order valence-corrected chi connectivity index (χ4v) is 3.70. The van der Waals surface area contributed by atoms with Gasteiger partial charge in [0.2, 0.25) is 0 Å². The molecular formula is C29H30N4O3. The van der Waals surface area contributed by atoms with Gasteiger partial charge in [0, 0.05) is 23.4 Å². The number of amides is 1. The number of benzene rings is 3. The van der Waals surface area contributed by atoms with Crippen LogP contribution >= 0.6 is 0 Å². The third kappa shape index (κ3) is 6.39. The van der Waals surface area contributed by atoms with E-state index in [-0.39, 0.29) is 5.91 Å². The summed E-state index contributed by atoms with van der Waals surface area (Å²) in [5, 5.41) is 14.8. The van der Waals surface area contributed by atoms with E-state index in [0.29, 0.717) is 42.6 Å². The van der Waals surface area contributed by atoms with Gasteiger partial charge in [-0.2, -0.15) is 0 Å². The summed E-state index contributed by atoms with van der Waals surface area (Å²) < 4.78 is 11.3. The number of carbonyl (C=O) groups is 1. The normalized spacial score (nSPS) is 10.5. The third-order valence-electron chi connectivity index (χ3n) is 5.46. The van der Waals surface area contributed by atoms with Crippen LogP contribution in [0.2, 0.25) is 0 Å². The van der Waals surface area contributed by atoms with E-state index in [2.05, 4.69) is 39.9 Å². The molecule has 2 N–H and O–H groups in total. The Bertz CT molecular complexity index is 1310. The average Bonchev–Trinajstić information content (AvgIpc) is 2.90. The number of ether oxygens (including phenoxy) is 2. The lowest BCUT2D eigenvalue weighted by atomic mass is 10.1. The number of aromatic nitrogens is 2. The molecular weight excluding hydrogens is 452 g/mol. The highest BCUT2D eigenvalue weighted by Crippen LogP contribution is 2.28. The summed E-state index contributed by atoms with van der Waals surface area (Å²) in [4.78, 5) is 12.7. The van der Waals surface area contributed by atoms with Gasteiger partial charge in [0.05, 0.1) is 18.9 Å². The fraction of sp³-hybridized carbons (Fsp3) is 0.207. The summed E-state index contributed by atoms with van der Waals surface area (Å²) in [6, 6.07) is 24.9. The minimum atomic E-state index is -0.157. The topological polar surface area (TPSA) is 85.4 Å². The molecule has 1 amide bonds. The van der Waals surface area contributed by atoms with Gasteiger partial charge in [0.1, 0.15) is 0 Å². The zero-order valence-corrected chi connectivity index (χ0v) is 20.7. The first kappa shape index (κ1) is 24.7. The van der Waals surface area contributed by atoms with Crippen LogP contribution in [0.1, 0.15) is 35.3 Å². The van der Waals surface area contributed by atoms with Crippen molar-refractivity contribution in [2.75, 3.05) is 18.5 Å². The first-order chi connectivity index (χ1) is 17.6. The monoisotopic (exact) mass is 482 g/mol. The van der Waals surface area contributed by atoms with E-state index in [1.165, 1.54) is 5.56 Å². The van der Waals surface area contributed by atoms with Crippen LogP contribution in [-0.4, -0.2) is 29.3 Å². The van der Waals surface area contributed by atoms with E-state index in [1.54, 1.807) is 12.1 Å². The summed E-state index contributed by atoms with van der Waals surface area (Å²) in [5.74, 6) is 1.85. The predicted molar refractivity (Wildman–Crippen MR) is 142 cm³/mol. The van der Waals surface area contributed by atoms with Crippen LogP contribution in [0.5, 0.6) is 11.5 Å². The fourth-order valence-electron chi connectivity index (χ4n) is 3.70. The number of hydrogen-bond donors (Lipinski definition) is 2. The maximum Gasteiger partial charge on any atom is 0.251 e. The predicted octanol–water partition coefficient (Wildman–Crippen LogP) is 5.92. The highest BCUT2D eigenvalue weighted by atomic mass is 16.5. The van der Waals surface area contributed by atoms with Gasteiger partial charge in [0.25, 0.3) is 5.91 Å². The van der Waals surface area contributed by atoms with Crippen molar-refractivity contribution >= 4 is 17.4 Å². The Balaban J connectivity index is 1.34. The molecule has 0 bridgehead atoms. The number of aryl methyl sites for hydroxylation is 1. The summed E-state index contributed by atoms with van der Waals surface area (Å²) in [6.45, 7) is 7.39. The van der Waals surface area contributed by atoms with Crippen molar-refractivity contribution < 1.29 is 14.3 Å². The molecule has 0 saturated carbocycles. The van der Waals surface area contributed by atoms with Gasteiger partial charge in [0.15, 0.2) is 17.3 Å². The van der Waals surface area contributed by atoms with Crippen LogP contribution in [-0.2, 0) is 6.54 Å². The Morgan fingerprint density at radius 2 is 1.61 bits per heavy atom. The molecule has 1 heterocycles. The molecule has 4 rings (SSSR count). The van der Waals surface area contributed by atoms with Crippen molar-refractivity contribution in [3.8, 4) is 22.8 Å². The van der Waals surface area contributed by atoms with E-state index in [0.717, 1.165) is 22.5 Å². The third-order valence-corrected chi connectivity index (χ3v) is 5.46. The van der Waals surface area contributed by atoms with E-state index in [9.17, 15) is 4.79 Å². The van der Waals surface area contributed by atoms with Crippen molar-refractivity contribution in [1.29, 1.82) is 0 Å². The lowest BCUT2D eigenvalue weighted by Gasteiger charge is -2.13. The molecule has 7 nitrogen and oxygen atoms in total. The Hall–Kier alpha value is -4.39. The smallest absolute Gasteiger partial charge is 0.251 e. The molecule has 0 unspecified atom stereocenters. The van der Waals surface area contributed by atoms with Crippen molar-refractivity contribution in [3.05, 3.63) is 95.6 Å². The summed E-state index contributed by atoms with van der Waals surface area (Å²) in [6.07, 6.45) is 0. The Morgan fingerprint density at radius 3 is 2.31 bits per heavy atom. The van der Waals surface area contributed by atoms with Crippen LogP contribution < -0.4 is 20.1 Å². The molecule has 0 saturated heterocycles. The molecule has 4 aromatic rings. The van der Waals surface area contributed by atoms with E-state index in [1.807, 2.05) is 68.4 Å². The summed E-state index contributed by atoms with van der Waals surface area (Å²) in [5.41, 5.74) is 5.34. The number of carbonyl (C=O) groups excluding carboxylic acids is 1. The minimum Gasteiger partial charge on any atom is -0.490 e. The quantitative estimate of drug-likeness (QED) is 0.292. The van der Waals surface area contributed by atoms with Gasteiger partial charge in [-0.15, -0.1) is 10.2 Å². The van der Waals surface area contributed by atoms with Crippen molar-refractivity contribution in [3.63, 3.8) is 0 Å². The largest absolute Gasteiger partial charge is 0.490 e. The second-order valence-corrected chi connectivity index (χ2v) is 8.21. The first-order valence-corrected chi connectivity index (χ1v) is 12.0. The Labute approximate surface area is 211 Å². The van der Waals surface area contributed by atoms with Crippen LogP contribution in [0.15, 0.2) is 78.9 Å². The second kappa shape index (κ2) is 11.8. The van der Waals surface area contributed by atoms with Crippen molar-refractivity contribution in [1.82, 2.24) is 15.5 Å².